The van der Waals surface area contributed by atoms with E-state index in [2.05, 4.69) is 154 Å². The number of methoxy groups -OCH3 is 2. The number of nitrogens with one attached hydrogen (secondary N) is 1. The summed E-state index contributed by atoms with van der Waals surface area (Å²) in [6.07, 6.45) is 16.2. The summed E-state index contributed by atoms with van der Waals surface area (Å²) in [6, 6.07) is 39.0. The number of carbonyl (C=O) groups excluding carboxylic acids is 2. The standard InChI is InChI=1S/C39H49N9O3.C27H34N6O2.C12H17N3O2/c1-28-6-3-4-8-34(28)35-24-36(39(40)44-43-35)47-26-32-10-11-33(27-47)48(32)31-13-14-41-30(23-31)7-5-20-51-21-19-45-15-17-46(18-16-45)37-12-9-29(25-42-37)22-38(49)50-2;1-19-5-2-3-7-24(19)25-16-26(27(28)31-30-25)32-17-22-8-9-23(18-32)33(22)21-10-11-29-20(15-21)6-4-13-35-14-12-34;1-17-12(16)8-10-2-3-11(14-9-10)15-6-4-13-5-7-15/h3-4,6,8-9,12-14,23-25,32-33H,5,7,10-11,15-22,26-27H2,1-2H3,(H2,40,44);2-3,5,7,10-11,15-16,22-23,34H,4,6,8-9,12-14,17-18H2,1H3,(H2,28,31);2-3,9,13H,4-8H2,1H3. The fourth-order valence-corrected chi connectivity index (χ4v) is 15.0. The summed E-state index contributed by atoms with van der Waals surface area (Å²) in [4.78, 5) is 57.8. The van der Waals surface area contributed by atoms with Crippen molar-refractivity contribution in [3.05, 3.63) is 168 Å². The van der Waals surface area contributed by atoms with Gasteiger partial charge in [-0.1, -0.05) is 60.7 Å². The number of carbonyl (C=O) groups is 2. The predicted molar refractivity (Wildman–Crippen MR) is 404 cm³/mol. The molecule has 8 aromatic rings. The van der Waals surface area contributed by atoms with Gasteiger partial charge in [0.25, 0.3) is 0 Å². The molecule has 103 heavy (non-hydrogen) atoms. The Labute approximate surface area is 604 Å². The molecule has 4 atom stereocenters. The number of nitrogen functional groups attached to an aromatic ring is 2. The molecule has 6 saturated heterocycles. The van der Waals surface area contributed by atoms with Gasteiger partial charge in [0.05, 0.1) is 69.6 Å². The summed E-state index contributed by atoms with van der Waals surface area (Å²) >= 11 is 0. The van der Waals surface area contributed by atoms with Crippen LogP contribution in [-0.4, -0.2) is 219 Å². The van der Waals surface area contributed by atoms with Crippen LogP contribution in [0.4, 0.5) is 46.0 Å². The Morgan fingerprint density at radius 1 is 0.515 bits per heavy atom. The quantitative estimate of drug-likeness (QED) is 0.0316. The maximum atomic E-state index is 11.5. The second kappa shape index (κ2) is 36.0. The lowest BCUT2D eigenvalue weighted by atomic mass is 10.0. The van der Waals surface area contributed by atoms with Crippen molar-refractivity contribution in [1.29, 1.82) is 0 Å². The summed E-state index contributed by atoms with van der Waals surface area (Å²) in [5.74, 6) is 2.42. The Kier molecular flexibility index (Phi) is 25.5. The molecule has 2 aromatic carbocycles. The van der Waals surface area contributed by atoms with Crippen LogP contribution in [0.2, 0.25) is 0 Å². The van der Waals surface area contributed by atoms with Crippen LogP contribution in [0.5, 0.6) is 0 Å². The van der Waals surface area contributed by atoms with Crippen molar-refractivity contribution in [2.75, 3.05) is 173 Å². The minimum atomic E-state index is -0.251. The van der Waals surface area contributed by atoms with E-state index in [4.69, 9.17) is 35.8 Å². The summed E-state index contributed by atoms with van der Waals surface area (Å²) < 4.78 is 20.8. The van der Waals surface area contributed by atoms with E-state index in [9.17, 15) is 9.59 Å². The molecule has 4 unspecified atom stereocenters. The van der Waals surface area contributed by atoms with Crippen molar-refractivity contribution in [3.63, 3.8) is 0 Å². The third-order valence-corrected chi connectivity index (χ3v) is 20.4. The van der Waals surface area contributed by atoms with E-state index in [1.165, 1.54) is 36.7 Å². The van der Waals surface area contributed by atoms with Gasteiger partial charge in [0, 0.05) is 181 Å². The second-order valence-electron chi connectivity index (χ2n) is 27.3. The highest BCUT2D eigenvalue weighted by Gasteiger charge is 2.42. The van der Waals surface area contributed by atoms with Crippen molar-refractivity contribution in [1.82, 2.24) is 50.5 Å². The number of piperazine rings is 4. The number of aliphatic hydroxyl groups excluding tert-OH is 1. The SMILES string of the molecule is COC(=O)Cc1ccc(N2CCN(CCOCCCc3cc(N4C5CCC4CN(c4cc(-c6ccccc6C)nnc4N)C5)ccn3)CC2)nc1.COC(=O)Cc1ccc(N2CCNCC2)nc1.Cc1ccccc1-c1cc(N2CC3CCC(C2)N3c2ccnc(CCCOCCO)c2)c(N)nn1. The third-order valence-electron chi connectivity index (χ3n) is 20.4. The number of pyridine rings is 4. The monoisotopic (exact) mass is 1400 g/mol. The van der Waals surface area contributed by atoms with Gasteiger partial charge >= 0.3 is 11.9 Å². The maximum Gasteiger partial charge on any atom is 0.310 e. The number of aliphatic hydroxyl groups is 1. The molecule has 0 spiro atoms. The van der Waals surface area contributed by atoms with E-state index in [0.717, 1.165) is 218 Å². The van der Waals surface area contributed by atoms with E-state index in [-0.39, 0.29) is 31.4 Å². The molecule has 0 amide bonds. The average Bonchev–Trinajstić information content (AvgIpc) is 1.68. The number of nitrogens with two attached hydrogens (primary N) is 2. The molecule has 6 N–H and O–H groups in total. The van der Waals surface area contributed by atoms with E-state index >= 15 is 0 Å². The molecule has 0 aliphatic carbocycles. The highest BCUT2D eigenvalue weighted by atomic mass is 16.5. The van der Waals surface area contributed by atoms with Crippen LogP contribution in [0.15, 0.2) is 134 Å². The first kappa shape index (κ1) is 73.1. The Morgan fingerprint density at radius 3 is 1.39 bits per heavy atom. The molecule has 0 saturated carbocycles. The van der Waals surface area contributed by atoms with Crippen LogP contribution in [0.25, 0.3) is 22.5 Å². The van der Waals surface area contributed by atoms with Gasteiger partial charge in [0.15, 0.2) is 11.6 Å². The van der Waals surface area contributed by atoms with Crippen molar-refractivity contribution < 1.29 is 33.6 Å². The van der Waals surface area contributed by atoms with Gasteiger partial charge in [0.1, 0.15) is 11.6 Å². The van der Waals surface area contributed by atoms with Gasteiger partial charge < -0.3 is 70.2 Å². The highest BCUT2D eigenvalue weighted by Crippen LogP contribution is 2.41. The van der Waals surface area contributed by atoms with E-state index in [1.54, 1.807) is 12.4 Å². The molecular weight excluding hydrogens is 1300 g/mol. The first-order valence-corrected chi connectivity index (χ1v) is 36.5. The molecule has 6 aliphatic heterocycles. The number of hydrogen-bond donors (Lipinski definition) is 4. The molecule has 544 valence electrons. The van der Waals surface area contributed by atoms with Crippen LogP contribution in [-0.2, 0) is 54.2 Å². The topological polar surface area (TPSA) is 281 Å². The van der Waals surface area contributed by atoms with Crippen molar-refractivity contribution >= 4 is 58.0 Å². The van der Waals surface area contributed by atoms with Crippen molar-refractivity contribution in [2.24, 2.45) is 0 Å². The Hall–Kier alpha value is -9.66. The number of nitrogens with zero attached hydrogens (tertiary/aromatic N) is 15. The van der Waals surface area contributed by atoms with Crippen LogP contribution >= 0.6 is 0 Å². The number of hydrogen-bond acceptors (Lipinski definition) is 25. The molecule has 12 heterocycles. The lowest BCUT2D eigenvalue weighted by Crippen LogP contribution is -2.54. The summed E-state index contributed by atoms with van der Waals surface area (Å²) in [5, 5.41) is 29.6. The zero-order valence-electron chi connectivity index (χ0n) is 60.1. The van der Waals surface area contributed by atoms with Crippen LogP contribution in [0, 0.1) is 13.8 Å². The van der Waals surface area contributed by atoms with Gasteiger partial charge in [-0.05, 0) is 136 Å². The number of anilines is 8. The average molecular weight is 1400 g/mol. The summed E-state index contributed by atoms with van der Waals surface area (Å²) in [6.45, 7) is 19.0. The predicted octanol–water partition coefficient (Wildman–Crippen LogP) is 7.60. The lowest BCUT2D eigenvalue weighted by molar-refractivity contribution is -0.140. The molecule has 4 bridgehead atoms. The number of fused-ring (bicyclic) bond motifs is 4. The van der Waals surface area contributed by atoms with Crippen LogP contribution < -0.4 is 46.2 Å². The number of rotatable bonds is 25. The van der Waals surface area contributed by atoms with Crippen molar-refractivity contribution in [2.45, 2.75) is 102 Å². The largest absolute Gasteiger partial charge is 0.469 e. The lowest BCUT2D eigenvalue weighted by Gasteiger charge is -2.43. The molecule has 6 fully saturated rings. The molecule has 0 radical (unpaired) electrons. The Bertz CT molecular complexity index is 4020. The van der Waals surface area contributed by atoms with Gasteiger partial charge in [-0.3, -0.25) is 24.5 Å². The second-order valence-corrected chi connectivity index (χ2v) is 27.3. The summed E-state index contributed by atoms with van der Waals surface area (Å²) in [7, 11) is 2.80. The molecule has 6 aliphatic rings. The minimum absolute atomic E-state index is 0.0664. The molecule has 6 aromatic heterocycles. The van der Waals surface area contributed by atoms with Crippen LogP contribution in [0.1, 0.15) is 72.2 Å². The highest BCUT2D eigenvalue weighted by molar-refractivity contribution is 5.76. The number of aryl methyl sites for hydroxylation is 4. The van der Waals surface area contributed by atoms with Gasteiger partial charge in [0.2, 0.25) is 0 Å². The fourth-order valence-electron chi connectivity index (χ4n) is 15.0. The van der Waals surface area contributed by atoms with Crippen molar-refractivity contribution in [3.8, 4) is 22.5 Å². The number of aromatic nitrogens is 8. The van der Waals surface area contributed by atoms with Crippen LogP contribution in [0.3, 0.4) is 0 Å². The number of esters is 2. The van der Waals surface area contributed by atoms with Gasteiger partial charge in [-0.25, -0.2) is 9.97 Å². The molecule has 25 nitrogen and oxygen atoms in total. The zero-order valence-corrected chi connectivity index (χ0v) is 60.1. The Balaban J connectivity index is 0.000000165. The number of ether oxygens (including phenoxy) is 4. The zero-order chi connectivity index (χ0) is 71.4. The third kappa shape index (κ3) is 19.2. The van der Waals surface area contributed by atoms with Gasteiger partial charge in [-0.2, -0.15) is 0 Å². The van der Waals surface area contributed by atoms with Gasteiger partial charge in [-0.15, -0.1) is 20.4 Å². The molecule has 25 heteroatoms. The maximum absolute atomic E-state index is 11.5. The molecule has 14 rings (SSSR count). The minimum Gasteiger partial charge on any atom is -0.469 e. The number of benzene rings is 2. The van der Waals surface area contributed by atoms with E-state index < -0.39 is 0 Å². The summed E-state index contributed by atoms with van der Waals surface area (Å²) in [5.41, 5.74) is 27.4. The normalized spacial score (nSPS) is 18.6. The Morgan fingerprint density at radius 2 is 0.961 bits per heavy atom. The first-order valence-electron chi connectivity index (χ1n) is 36.5. The molecular formula is C78H100N18O7. The fraction of sp³-hybridized carbons (Fsp3) is 0.462. The smallest absolute Gasteiger partial charge is 0.310 e. The van der Waals surface area contributed by atoms with E-state index in [1.807, 2.05) is 60.9 Å². The first-order chi connectivity index (χ1) is 50.4. The van der Waals surface area contributed by atoms with E-state index in [0.29, 0.717) is 49.0 Å².